The van der Waals surface area contributed by atoms with Crippen LogP contribution in [0.5, 0.6) is 0 Å². The normalized spacial score (nSPS) is 17.0. The van der Waals surface area contributed by atoms with Crippen LogP contribution < -0.4 is 0 Å². The highest BCUT2D eigenvalue weighted by Gasteiger charge is 2.29. The SMILES string of the molecule is N#CC1CN(C(=O)CSCc2cc(-c3cccs3)on2)CCN1Cc1ccccc1. The predicted molar refractivity (Wildman–Crippen MR) is 119 cm³/mol. The van der Waals surface area contributed by atoms with Gasteiger partial charge in [-0.1, -0.05) is 41.6 Å². The Morgan fingerprint density at radius 2 is 2.13 bits per heavy atom. The number of hydrogen-bond acceptors (Lipinski definition) is 7. The van der Waals surface area contributed by atoms with E-state index in [9.17, 15) is 10.1 Å². The van der Waals surface area contributed by atoms with Crippen molar-refractivity contribution in [1.82, 2.24) is 15.0 Å². The predicted octanol–water partition coefficient (Wildman–Crippen LogP) is 3.87. The van der Waals surface area contributed by atoms with Crippen LogP contribution in [0.15, 0.2) is 58.4 Å². The molecule has 2 aromatic heterocycles. The van der Waals surface area contributed by atoms with Crippen molar-refractivity contribution in [3.05, 3.63) is 65.2 Å². The molecule has 1 aliphatic rings. The Kier molecular flexibility index (Phi) is 6.84. The third-order valence-electron chi connectivity index (χ3n) is 5.02. The average Bonchev–Trinajstić information content (AvgIpc) is 3.47. The van der Waals surface area contributed by atoms with E-state index in [0.29, 0.717) is 31.1 Å². The fourth-order valence-corrected chi connectivity index (χ4v) is 4.90. The largest absolute Gasteiger partial charge is 0.355 e. The highest BCUT2D eigenvalue weighted by molar-refractivity contribution is 7.99. The van der Waals surface area contributed by atoms with Crippen LogP contribution in [0, 0.1) is 11.3 Å². The maximum absolute atomic E-state index is 12.6. The Morgan fingerprint density at radius 3 is 2.90 bits per heavy atom. The molecule has 1 saturated heterocycles. The van der Waals surface area contributed by atoms with E-state index in [-0.39, 0.29) is 11.9 Å². The first-order valence-corrected chi connectivity index (χ1v) is 11.8. The van der Waals surface area contributed by atoms with Gasteiger partial charge in [-0.2, -0.15) is 5.26 Å². The van der Waals surface area contributed by atoms with Crippen LogP contribution in [0.2, 0.25) is 0 Å². The zero-order valence-corrected chi connectivity index (χ0v) is 18.1. The van der Waals surface area contributed by atoms with Crippen molar-refractivity contribution in [3.8, 4) is 16.7 Å². The zero-order chi connectivity index (χ0) is 20.8. The molecule has 1 aromatic carbocycles. The number of thioether (sulfide) groups is 1. The zero-order valence-electron chi connectivity index (χ0n) is 16.4. The Labute approximate surface area is 184 Å². The van der Waals surface area contributed by atoms with E-state index in [1.807, 2.05) is 46.7 Å². The Bertz CT molecular complexity index is 998. The smallest absolute Gasteiger partial charge is 0.232 e. The highest BCUT2D eigenvalue weighted by atomic mass is 32.2. The first kappa shape index (κ1) is 20.7. The van der Waals surface area contributed by atoms with E-state index in [0.717, 1.165) is 22.9 Å². The van der Waals surface area contributed by atoms with Crippen LogP contribution in [-0.4, -0.2) is 52.3 Å². The van der Waals surface area contributed by atoms with Gasteiger partial charge in [0.2, 0.25) is 5.91 Å². The topological polar surface area (TPSA) is 73.4 Å². The van der Waals surface area contributed by atoms with Gasteiger partial charge >= 0.3 is 0 Å². The van der Waals surface area contributed by atoms with Gasteiger partial charge in [0.1, 0.15) is 6.04 Å². The van der Waals surface area contributed by atoms with Gasteiger partial charge in [-0.25, -0.2) is 0 Å². The summed E-state index contributed by atoms with van der Waals surface area (Å²) in [6.45, 7) is 2.54. The summed E-state index contributed by atoms with van der Waals surface area (Å²) in [5, 5.41) is 15.7. The minimum absolute atomic E-state index is 0.0709. The van der Waals surface area contributed by atoms with Gasteiger partial charge in [-0.15, -0.1) is 23.1 Å². The average molecular weight is 439 g/mol. The summed E-state index contributed by atoms with van der Waals surface area (Å²) in [5.74, 6) is 1.83. The van der Waals surface area contributed by atoms with Crippen molar-refractivity contribution in [2.75, 3.05) is 25.4 Å². The van der Waals surface area contributed by atoms with Crippen LogP contribution in [0.25, 0.3) is 10.6 Å². The van der Waals surface area contributed by atoms with E-state index < -0.39 is 0 Å². The van der Waals surface area contributed by atoms with E-state index in [4.69, 9.17) is 4.52 Å². The van der Waals surface area contributed by atoms with Crippen molar-refractivity contribution in [2.24, 2.45) is 0 Å². The summed E-state index contributed by atoms with van der Waals surface area (Å²) in [7, 11) is 0. The van der Waals surface area contributed by atoms with Gasteiger partial charge in [0, 0.05) is 38.0 Å². The number of carbonyl (C=O) groups is 1. The molecule has 8 heteroatoms. The van der Waals surface area contributed by atoms with Gasteiger partial charge in [0.25, 0.3) is 0 Å². The summed E-state index contributed by atoms with van der Waals surface area (Å²) in [6.07, 6.45) is 0. The van der Waals surface area contributed by atoms with Crippen LogP contribution in [0.1, 0.15) is 11.3 Å². The standard InChI is InChI=1S/C22H22N4O2S2/c23-12-19-14-26(9-8-25(19)13-17-5-2-1-3-6-17)22(27)16-29-15-18-11-20(28-24-18)21-7-4-10-30-21/h1-7,10-11,19H,8-9,13-16H2. The number of carbonyl (C=O) groups excluding carboxylic acids is 1. The van der Waals surface area contributed by atoms with Gasteiger partial charge in [-0.3, -0.25) is 9.69 Å². The molecule has 3 aromatic rings. The molecule has 154 valence electrons. The summed E-state index contributed by atoms with van der Waals surface area (Å²) in [6, 6.07) is 18.1. The third kappa shape index (κ3) is 5.11. The van der Waals surface area contributed by atoms with Gasteiger partial charge < -0.3 is 9.42 Å². The molecule has 1 fully saturated rings. The van der Waals surface area contributed by atoms with Crippen molar-refractivity contribution < 1.29 is 9.32 Å². The fourth-order valence-electron chi connectivity index (χ4n) is 3.43. The van der Waals surface area contributed by atoms with Crippen LogP contribution in [0.3, 0.4) is 0 Å². The second kappa shape index (κ2) is 9.94. The van der Waals surface area contributed by atoms with Crippen LogP contribution in [0.4, 0.5) is 0 Å². The van der Waals surface area contributed by atoms with Crippen LogP contribution in [-0.2, 0) is 17.1 Å². The number of benzene rings is 1. The first-order valence-electron chi connectivity index (χ1n) is 9.75. The molecule has 30 heavy (non-hydrogen) atoms. The number of hydrogen-bond donors (Lipinski definition) is 0. The van der Waals surface area contributed by atoms with Crippen LogP contribution >= 0.6 is 23.1 Å². The lowest BCUT2D eigenvalue weighted by Crippen LogP contribution is -2.54. The molecule has 1 amide bonds. The van der Waals surface area contributed by atoms with Crippen molar-refractivity contribution >= 4 is 29.0 Å². The molecule has 0 bridgehead atoms. The van der Waals surface area contributed by atoms with E-state index >= 15 is 0 Å². The summed E-state index contributed by atoms with van der Waals surface area (Å²) in [5.41, 5.74) is 2.02. The summed E-state index contributed by atoms with van der Waals surface area (Å²) < 4.78 is 5.38. The number of rotatable bonds is 7. The van der Waals surface area contributed by atoms with Gasteiger partial charge in [0.05, 0.1) is 22.4 Å². The molecule has 0 radical (unpaired) electrons. The number of amides is 1. The number of piperazine rings is 1. The lowest BCUT2D eigenvalue weighted by molar-refractivity contribution is -0.130. The molecule has 1 aliphatic heterocycles. The molecule has 1 unspecified atom stereocenters. The summed E-state index contributed by atoms with van der Waals surface area (Å²) in [4.78, 5) is 17.6. The minimum Gasteiger partial charge on any atom is -0.355 e. The molecule has 0 saturated carbocycles. The quantitative estimate of drug-likeness (QED) is 0.558. The number of nitrogens with zero attached hydrogens (tertiary/aromatic N) is 4. The molecule has 6 nitrogen and oxygen atoms in total. The maximum Gasteiger partial charge on any atom is 0.232 e. The third-order valence-corrected chi connectivity index (χ3v) is 6.86. The maximum atomic E-state index is 12.6. The molecular formula is C22H22N4O2S2. The van der Waals surface area contributed by atoms with Crippen molar-refractivity contribution in [1.29, 1.82) is 5.26 Å². The lowest BCUT2D eigenvalue weighted by Gasteiger charge is -2.38. The molecule has 0 aliphatic carbocycles. The molecular weight excluding hydrogens is 416 g/mol. The number of thiophene rings is 1. The lowest BCUT2D eigenvalue weighted by atomic mass is 10.1. The fraction of sp³-hybridized carbons (Fsp3) is 0.318. The van der Waals surface area contributed by atoms with E-state index in [1.54, 1.807) is 11.3 Å². The summed E-state index contributed by atoms with van der Waals surface area (Å²) >= 11 is 3.13. The van der Waals surface area contributed by atoms with Gasteiger partial charge in [-0.05, 0) is 17.0 Å². The Balaban J connectivity index is 1.25. The van der Waals surface area contributed by atoms with Crippen molar-refractivity contribution in [2.45, 2.75) is 18.3 Å². The Morgan fingerprint density at radius 1 is 1.27 bits per heavy atom. The molecule has 0 spiro atoms. The number of aromatic nitrogens is 1. The van der Waals surface area contributed by atoms with E-state index in [2.05, 4.69) is 28.3 Å². The number of nitriles is 1. The Hall–Kier alpha value is -2.60. The minimum atomic E-state index is -0.281. The first-order chi connectivity index (χ1) is 14.7. The van der Waals surface area contributed by atoms with Gasteiger partial charge in [0.15, 0.2) is 5.76 Å². The van der Waals surface area contributed by atoms with E-state index in [1.165, 1.54) is 17.3 Å². The second-order valence-corrected chi connectivity index (χ2v) is 9.03. The van der Waals surface area contributed by atoms with Crippen molar-refractivity contribution in [3.63, 3.8) is 0 Å². The molecule has 3 heterocycles. The molecule has 1 atom stereocenters. The monoisotopic (exact) mass is 438 g/mol. The molecule has 0 N–H and O–H groups in total. The highest BCUT2D eigenvalue weighted by Crippen LogP contribution is 2.26. The second-order valence-electron chi connectivity index (χ2n) is 7.09. The molecule has 4 rings (SSSR count).